The van der Waals surface area contributed by atoms with Gasteiger partial charge in [0.15, 0.2) is 0 Å². The first-order valence-corrected chi connectivity index (χ1v) is 6.99. The Morgan fingerprint density at radius 2 is 1.88 bits per heavy atom. The molecule has 1 saturated carbocycles. The van der Waals surface area contributed by atoms with E-state index >= 15 is 0 Å². The number of hydrogen-bond donors (Lipinski definition) is 1. The average molecular weight is 231 g/mol. The van der Waals surface area contributed by atoms with Crippen LogP contribution < -0.4 is 5.73 Å². The van der Waals surface area contributed by atoms with Crippen LogP contribution in [0.2, 0.25) is 0 Å². The maximum atomic E-state index is 6.38. The molecule has 0 radical (unpaired) electrons. The lowest BCUT2D eigenvalue weighted by atomic mass is 9.83. The van der Waals surface area contributed by atoms with E-state index in [1.807, 2.05) is 0 Å². The molecule has 1 fully saturated rings. The quantitative estimate of drug-likeness (QED) is 0.826. The lowest BCUT2D eigenvalue weighted by Crippen LogP contribution is -2.18. The molecule has 0 heterocycles. The van der Waals surface area contributed by atoms with E-state index in [0.717, 1.165) is 5.92 Å². The highest BCUT2D eigenvalue weighted by Gasteiger charge is 2.18. The van der Waals surface area contributed by atoms with Gasteiger partial charge in [0, 0.05) is 6.04 Å². The van der Waals surface area contributed by atoms with Crippen LogP contribution in [0.15, 0.2) is 18.2 Å². The SMILES string of the molecule is Cc1ccc(C(N)CC2CCCCC2)c(C)c1. The van der Waals surface area contributed by atoms with Crippen LogP contribution in [0.5, 0.6) is 0 Å². The maximum Gasteiger partial charge on any atom is 0.0300 e. The Hall–Kier alpha value is -0.820. The Bertz CT molecular complexity index is 364. The summed E-state index contributed by atoms with van der Waals surface area (Å²) in [6.45, 7) is 4.33. The molecule has 17 heavy (non-hydrogen) atoms. The van der Waals surface area contributed by atoms with Crippen LogP contribution in [0, 0.1) is 19.8 Å². The van der Waals surface area contributed by atoms with E-state index in [1.54, 1.807) is 0 Å². The topological polar surface area (TPSA) is 26.0 Å². The summed E-state index contributed by atoms with van der Waals surface area (Å²) >= 11 is 0. The van der Waals surface area contributed by atoms with Crippen molar-refractivity contribution in [3.8, 4) is 0 Å². The van der Waals surface area contributed by atoms with E-state index in [1.165, 1.54) is 55.2 Å². The second-order valence-electron chi connectivity index (χ2n) is 5.71. The van der Waals surface area contributed by atoms with Gasteiger partial charge in [-0.3, -0.25) is 0 Å². The number of nitrogens with two attached hydrogens (primary N) is 1. The van der Waals surface area contributed by atoms with Gasteiger partial charge in [-0.2, -0.15) is 0 Å². The summed E-state index contributed by atoms with van der Waals surface area (Å²) in [5.74, 6) is 0.861. The Kier molecular flexibility index (Phi) is 4.22. The van der Waals surface area contributed by atoms with E-state index in [4.69, 9.17) is 5.73 Å². The fourth-order valence-corrected chi connectivity index (χ4v) is 3.15. The van der Waals surface area contributed by atoms with E-state index in [0.29, 0.717) is 0 Å². The molecule has 2 rings (SSSR count). The second kappa shape index (κ2) is 5.68. The Morgan fingerprint density at radius 1 is 1.18 bits per heavy atom. The van der Waals surface area contributed by atoms with Crippen molar-refractivity contribution in [1.82, 2.24) is 0 Å². The molecule has 1 atom stereocenters. The van der Waals surface area contributed by atoms with Crippen LogP contribution >= 0.6 is 0 Å². The minimum Gasteiger partial charge on any atom is -0.324 e. The summed E-state index contributed by atoms with van der Waals surface area (Å²) in [7, 11) is 0. The normalized spacial score (nSPS) is 19.2. The average Bonchev–Trinajstić information content (AvgIpc) is 2.30. The minimum atomic E-state index is 0.235. The van der Waals surface area contributed by atoms with Gasteiger partial charge in [-0.25, -0.2) is 0 Å². The van der Waals surface area contributed by atoms with E-state index < -0.39 is 0 Å². The molecule has 1 unspecified atom stereocenters. The molecule has 0 bridgehead atoms. The monoisotopic (exact) mass is 231 g/mol. The van der Waals surface area contributed by atoms with Crippen molar-refractivity contribution < 1.29 is 0 Å². The largest absolute Gasteiger partial charge is 0.324 e. The number of hydrogen-bond acceptors (Lipinski definition) is 1. The zero-order valence-corrected chi connectivity index (χ0v) is 11.2. The smallest absolute Gasteiger partial charge is 0.0300 e. The van der Waals surface area contributed by atoms with Crippen LogP contribution in [0.4, 0.5) is 0 Å². The molecule has 1 aromatic rings. The molecule has 94 valence electrons. The third-order valence-corrected chi connectivity index (χ3v) is 4.14. The van der Waals surface area contributed by atoms with E-state index in [-0.39, 0.29) is 6.04 Å². The lowest BCUT2D eigenvalue weighted by molar-refractivity contribution is 0.319. The predicted molar refractivity (Wildman–Crippen MR) is 74.0 cm³/mol. The summed E-state index contributed by atoms with van der Waals surface area (Å²) in [5, 5.41) is 0. The molecular weight excluding hydrogens is 206 g/mol. The number of benzene rings is 1. The van der Waals surface area contributed by atoms with Crippen molar-refractivity contribution in [2.75, 3.05) is 0 Å². The van der Waals surface area contributed by atoms with Crippen LogP contribution in [-0.4, -0.2) is 0 Å². The fraction of sp³-hybridized carbons (Fsp3) is 0.625. The second-order valence-corrected chi connectivity index (χ2v) is 5.71. The van der Waals surface area contributed by atoms with Crippen molar-refractivity contribution >= 4 is 0 Å². The van der Waals surface area contributed by atoms with Gasteiger partial charge in [-0.05, 0) is 37.3 Å². The van der Waals surface area contributed by atoms with Crippen LogP contribution in [0.1, 0.15) is 61.3 Å². The molecule has 2 N–H and O–H groups in total. The number of rotatable bonds is 3. The van der Waals surface area contributed by atoms with Gasteiger partial charge in [0.1, 0.15) is 0 Å². The van der Waals surface area contributed by atoms with Crippen LogP contribution in [0.25, 0.3) is 0 Å². The first kappa shape index (κ1) is 12.6. The summed E-state index contributed by atoms with van der Waals surface area (Å²) in [4.78, 5) is 0. The van der Waals surface area contributed by atoms with E-state index in [2.05, 4.69) is 32.0 Å². The van der Waals surface area contributed by atoms with E-state index in [9.17, 15) is 0 Å². The molecule has 1 aliphatic carbocycles. The highest BCUT2D eigenvalue weighted by Crippen LogP contribution is 2.31. The van der Waals surface area contributed by atoms with Gasteiger partial charge < -0.3 is 5.73 Å². The molecule has 0 aliphatic heterocycles. The Morgan fingerprint density at radius 3 is 2.53 bits per heavy atom. The van der Waals surface area contributed by atoms with Gasteiger partial charge in [-0.15, -0.1) is 0 Å². The summed E-state index contributed by atoms with van der Waals surface area (Å²) < 4.78 is 0. The number of aryl methyl sites for hydroxylation is 2. The molecule has 0 spiro atoms. The van der Waals surface area contributed by atoms with Gasteiger partial charge >= 0.3 is 0 Å². The van der Waals surface area contributed by atoms with Gasteiger partial charge in [0.2, 0.25) is 0 Å². The van der Waals surface area contributed by atoms with Crippen LogP contribution in [0.3, 0.4) is 0 Å². The maximum absolute atomic E-state index is 6.38. The van der Waals surface area contributed by atoms with Crippen LogP contribution in [-0.2, 0) is 0 Å². The molecule has 1 aromatic carbocycles. The van der Waals surface area contributed by atoms with Crippen molar-refractivity contribution in [1.29, 1.82) is 0 Å². The van der Waals surface area contributed by atoms with Gasteiger partial charge in [0.25, 0.3) is 0 Å². The summed E-state index contributed by atoms with van der Waals surface area (Å²) in [6, 6.07) is 6.88. The Balaban J connectivity index is 2.00. The molecule has 0 aromatic heterocycles. The molecule has 1 aliphatic rings. The highest BCUT2D eigenvalue weighted by atomic mass is 14.6. The zero-order valence-electron chi connectivity index (χ0n) is 11.2. The lowest BCUT2D eigenvalue weighted by Gasteiger charge is -2.25. The first-order chi connectivity index (χ1) is 8.16. The molecule has 0 saturated heterocycles. The van der Waals surface area contributed by atoms with Gasteiger partial charge in [0.05, 0.1) is 0 Å². The molecular formula is C16H25N. The third kappa shape index (κ3) is 3.32. The third-order valence-electron chi connectivity index (χ3n) is 4.14. The minimum absolute atomic E-state index is 0.235. The zero-order chi connectivity index (χ0) is 12.3. The van der Waals surface area contributed by atoms with Crippen molar-refractivity contribution in [3.05, 3.63) is 34.9 Å². The molecule has 0 amide bonds. The van der Waals surface area contributed by atoms with Crippen molar-refractivity contribution in [2.24, 2.45) is 11.7 Å². The fourth-order valence-electron chi connectivity index (χ4n) is 3.15. The summed E-state index contributed by atoms with van der Waals surface area (Å²) in [5.41, 5.74) is 10.4. The molecule has 1 heteroatoms. The first-order valence-electron chi connectivity index (χ1n) is 6.99. The van der Waals surface area contributed by atoms with Gasteiger partial charge in [-0.1, -0.05) is 55.9 Å². The summed E-state index contributed by atoms with van der Waals surface area (Å²) in [6.07, 6.45) is 8.19. The standard InChI is InChI=1S/C16H25N/c1-12-8-9-15(13(2)10-12)16(17)11-14-6-4-3-5-7-14/h8-10,14,16H,3-7,11,17H2,1-2H3. The molecule has 1 nitrogen and oxygen atoms in total. The van der Waals surface area contributed by atoms with Crippen molar-refractivity contribution in [2.45, 2.75) is 58.4 Å². The highest BCUT2D eigenvalue weighted by molar-refractivity contribution is 5.32. The predicted octanol–water partition coefficient (Wildman–Crippen LogP) is 4.27. The van der Waals surface area contributed by atoms with Crippen molar-refractivity contribution in [3.63, 3.8) is 0 Å². The Labute approximate surface area is 105 Å².